The molecule has 9 rings (SSSR count). The van der Waals surface area contributed by atoms with Crippen LogP contribution in [-0.2, 0) is 10.8 Å². The highest BCUT2D eigenvalue weighted by Gasteiger charge is 2.62. The molecule has 5 aromatic rings. The van der Waals surface area contributed by atoms with Crippen molar-refractivity contribution in [3.05, 3.63) is 89.7 Å². The summed E-state index contributed by atoms with van der Waals surface area (Å²) < 4.78 is 2.81. The first-order chi connectivity index (χ1) is 20.6. The predicted molar refractivity (Wildman–Crippen MR) is 189 cm³/mol. The molecule has 0 saturated heterocycles. The van der Waals surface area contributed by atoms with Crippen molar-refractivity contribution >= 4 is 79.4 Å². The van der Waals surface area contributed by atoms with E-state index in [4.69, 9.17) is 0 Å². The van der Waals surface area contributed by atoms with Crippen LogP contribution < -0.4 is 31.2 Å². The number of hydrogen-bond donors (Lipinski definition) is 0. The smallest absolute Gasteiger partial charge is 0.260 e. The maximum Gasteiger partial charge on any atom is 0.260 e. The Bertz CT molecular complexity index is 1990. The lowest BCUT2D eigenvalue weighted by Crippen LogP contribution is -2.67. The lowest BCUT2D eigenvalue weighted by molar-refractivity contribution is 0.258. The Kier molecular flexibility index (Phi) is 5.30. The van der Waals surface area contributed by atoms with Crippen LogP contribution in [0.5, 0.6) is 0 Å². The minimum absolute atomic E-state index is 0.118. The molecule has 0 amide bonds. The van der Waals surface area contributed by atoms with E-state index >= 15 is 0 Å². The van der Waals surface area contributed by atoms with Gasteiger partial charge in [0.1, 0.15) is 0 Å². The monoisotopic (exact) mass is 596 g/mol. The Balaban J connectivity index is 1.39. The average molecular weight is 597 g/mol. The van der Waals surface area contributed by atoms with Gasteiger partial charge in [-0.15, -0.1) is 11.3 Å². The van der Waals surface area contributed by atoms with Crippen molar-refractivity contribution in [1.29, 1.82) is 0 Å². The highest BCUT2D eigenvalue weighted by molar-refractivity contribution is 7.77. The lowest BCUT2D eigenvalue weighted by Gasteiger charge is -2.50. The van der Waals surface area contributed by atoms with Crippen LogP contribution in [0.1, 0.15) is 77.0 Å². The SMILES string of the molecule is Cc1cc2c3c(c1)P1c4c(cccc4C4(C)CCCCC14C)B3c1sc3ccncc3c1N2c1ccc(C(C)(C)C)cc1. The Hall–Kier alpha value is -2.94. The van der Waals surface area contributed by atoms with Gasteiger partial charge in [-0.05, 0) is 90.1 Å². The zero-order valence-corrected chi connectivity index (χ0v) is 27.8. The molecule has 2 nitrogen and oxygen atoms in total. The maximum absolute atomic E-state index is 4.65. The summed E-state index contributed by atoms with van der Waals surface area (Å²) in [4.78, 5) is 7.26. The van der Waals surface area contributed by atoms with Gasteiger partial charge in [0.25, 0.3) is 6.71 Å². The number of aromatic nitrogens is 1. The summed E-state index contributed by atoms with van der Waals surface area (Å²) in [6.45, 7) is 14.8. The van der Waals surface area contributed by atoms with E-state index in [1.54, 1.807) is 27.1 Å². The fourth-order valence-electron chi connectivity index (χ4n) is 9.13. The van der Waals surface area contributed by atoms with Crippen molar-refractivity contribution in [3.63, 3.8) is 0 Å². The number of rotatable bonds is 1. The Labute approximate surface area is 261 Å². The molecule has 3 atom stereocenters. The molecule has 3 aromatic carbocycles. The Morgan fingerprint density at radius 3 is 2.56 bits per heavy atom. The standard InChI is InChI=1S/C38H38BN2PS/c1-23-20-29-32-30(21-23)42-34-27(37(5)17-7-8-18-38(37,42)6)10-9-11-28(34)39(32)35-33(26-22-40-19-16-31(26)43-35)41(29)25-14-12-24(13-15-25)36(2,3)4/h9-16,19-22H,7-8,17-18H2,1-6H3. The van der Waals surface area contributed by atoms with Gasteiger partial charge in [0.05, 0.1) is 5.69 Å². The fraction of sp³-hybridized carbons (Fsp3) is 0.342. The highest BCUT2D eigenvalue weighted by Crippen LogP contribution is 2.69. The summed E-state index contributed by atoms with van der Waals surface area (Å²) in [6, 6.07) is 24.1. The second-order valence-electron chi connectivity index (χ2n) is 14.9. The molecular weight excluding hydrogens is 558 g/mol. The van der Waals surface area contributed by atoms with Crippen molar-refractivity contribution in [1.82, 2.24) is 4.98 Å². The second kappa shape index (κ2) is 8.61. The van der Waals surface area contributed by atoms with Crippen LogP contribution in [0.3, 0.4) is 0 Å². The number of thiophene rings is 1. The van der Waals surface area contributed by atoms with E-state index in [1.807, 2.05) is 17.5 Å². The summed E-state index contributed by atoms with van der Waals surface area (Å²) in [5.41, 5.74) is 11.9. The molecule has 214 valence electrons. The van der Waals surface area contributed by atoms with Gasteiger partial charge in [-0.3, -0.25) is 4.98 Å². The van der Waals surface area contributed by atoms with Gasteiger partial charge in [-0.2, -0.15) is 0 Å². The normalized spacial score (nSPS) is 24.9. The third kappa shape index (κ3) is 3.27. The predicted octanol–water partition coefficient (Wildman–Crippen LogP) is 7.55. The van der Waals surface area contributed by atoms with E-state index in [0.29, 0.717) is 0 Å². The van der Waals surface area contributed by atoms with Crippen molar-refractivity contribution in [3.8, 4) is 0 Å². The number of hydrogen-bond acceptors (Lipinski definition) is 3. The molecular formula is C38H38BN2PS. The van der Waals surface area contributed by atoms with Crippen molar-refractivity contribution in [2.24, 2.45) is 0 Å². The minimum atomic E-state index is -0.483. The molecule has 5 heterocycles. The van der Waals surface area contributed by atoms with Crippen molar-refractivity contribution in [2.75, 3.05) is 4.90 Å². The third-order valence-electron chi connectivity index (χ3n) is 11.5. The molecule has 0 radical (unpaired) electrons. The van der Waals surface area contributed by atoms with E-state index in [1.165, 1.54) is 68.7 Å². The van der Waals surface area contributed by atoms with Crippen LogP contribution in [0.25, 0.3) is 10.1 Å². The topological polar surface area (TPSA) is 16.1 Å². The summed E-state index contributed by atoms with van der Waals surface area (Å²) in [5, 5.41) is 4.93. The van der Waals surface area contributed by atoms with Crippen molar-refractivity contribution < 1.29 is 0 Å². The van der Waals surface area contributed by atoms with Crippen LogP contribution in [0.4, 0.5) is 17.1 Å². The zero-order chi connectivity index (χ0) is 29.5. The summed E-state index contributed by atoms with van der Waals surface area (Å²) >= 11 is 1.99. The van der Waals surface area contributed by atoms with E-state index in [9.17, 15) is 0 Å². The molecule has 43 heavy (non-hydrogen) atoms. The van der Waals surface area contributed by atoms with Gasteiger partial charge in [0, 0.05) is 49.2 Å². The van der Waals surface area contributed by atoms with Gasteiger partial charge in [-0.1, -0.05) is 89.3 Å². The van der Waals surface area contributed by atoms with Gasteiger partial charge in [0.2, 0.25) is 0 Å². The van der Waals surface area contributed by atoms with Crippen LogP contribution in [0, 0.1) is 6.92 Å². The first-order valence-corrected chi connectivity index (χ1v) is 18.1. The largest absolute Gasteiger partial charge is 0.310 e. The lowest BCUT2D eigenvalue weighted by atomic mass is 9.37. The van der Waals surface area contributed by atoms with E-state index in [-0.39, 0.29) is 22.7 Å². The minimum Gasteiger partial charge on any atom is -0.310 e. The van der Waals surface area contributed by atoms with Crippen molar-refractivity contribution in [2.45, 2.75) is 83.2 Å². The zero-order valence-electron chi connectivity index (χ0n) is 26.1. The quantitative estimate of drug-likeness (QED) is 0.144. The molecule has 5 heteroatoms. The molecule has 1 fully saturated rings. The summed E-state index contributed by atoms with van der Waals surface area (Å²) in [5.74, 6) is 0. The van der Waals surface area contributed by atoms with E-state index in [0.717, 1.165) is 0 Å². The van der Waals surface area contributed by atoms with Gasteiger partial charge >= 0.3 is 0 Å². The highest BCUT2D eigenvalue weighted by atomic mass is 32.1. The number of pyridine rings is 1. The van der Waals surface area contributed by atoms with Gasteiger partial charge < -0.3 is 4.90 Å². The molecule has 0 spiro atoms. The molecule has 0 N–H and O–H groups in total. The molecule has 1 aliphatic carbocycles. The van der Waals surface area contributed by atoms with Crippen LogP contribution >= 0.6 is 19.3 Å². The van der Waals surface area contributed by atoms with Crippen LogP contribution in [0.15, 0.2) is 73.1 Å². The number of aryl methyl sites for hydroxylation is 1. The Morgan fingerprint density at radius 2 is 1.77 bits per heavy atom. The first-order valence-electron chi connectivity index (χ1n) is 16.0. The second-order valence-corrected chi connectivity index (χ2v) is 18.5. The van der Waals surface area contributed by atoms with Crippen LogP contribution in [-0.4, -0.2) is 16.9 Å². The van der Waals surface area contributed by atoms with Gasteiger partial charge in [0.15, 0.2) is 0 Å². The molecule has 2 aromatic heterocycles. The molecule has 0 bridgehead atoms. The summed E-state index contributed by atoms with van der Waals surface area (Å²) in [6.07, 6.45) is 9.40. The summed E-state index contributed by atoms with van der Waals surface area (Å²) in [7, 11) is -0.483. The van der Waals surface area contributed by atoms with Gasteiger partial charge in [-0.25, -0.2) is 0 Å². The number of fused-ring (bicyclic) bond motifs is 9. The molecule has 1 saturated carbocycles. The Morgan fingerprint density at radius 1 is 0.977 bits per heavy atom. The number of benzene rings is 3. The molecule has 3 aliphatic heterocycles. The third-order valence-corrected chi connectivity index (χ3v) is 16.2. The molecule has 4 aliphatic rings. The van der Waals surface area contributed by atoms with Crippen LogP contribution in [0.2, 0.25) is 0 Å². The van der Waals surface area contributed by atoms with E-state index < -0.39 is 7.92 Å². The average Bonchev–Trinajstić information content (AvgIpc) is 3.46. The number of anilines is 3. The maximum atomic E-state index is 4.65. The fourth-order valence-corrected chi connectivity index (χ4v) is 14.6. The first kappa shape index (κ1) is 26.5. The number of nitrogens with zero attached hydrogens (tertiary/aromatic N) is 2. The molecule has 3 unspecified atom stereocenters. The van der Waals surface area contributed by atoms with E-state index in [2.05, 4.69) is 118 Å².